The molecule has 1 fully saturated rings. The van der Waals surface area contributed by atoms with Gasteiger partial charge in [0.25, 0.3) is 0 Å². The molecule has 12 heavy (non-hydrogen) atoms. The van der Waals surface area contributed by atoms with Crippen molar-refractivity contribution in [3.05, 3.63) is 35.4 Å². The van der Waals surface area contributed by atoms with Gasteiger partial charge in [0.15, 0.2) is 0 Å². The molecule has 1 aromatic rings. The van der Waals surface area contributed by atoms with Crippen LogP contribution in [0.15, 0.2) is 24.3 Å². The van der Waals surface area contributed by atoms with E-state index in [1.807, 2.05) is 0 Å². The molecule has 0 spiro atoms. The number of rotatable bonds is 1. The summed E-state index contributed by atoms with van der Waals surface area (Å²) in [5.74, 6) is 0.644. The number of hydrogen-bond acceptors (Lipinski definition) is 1. The molecule has 64 valence electrons. The van der Waals surface area contributed by atoms with Crippen molar-refractivity contribution in [1.82, 2.24) is 0 Å². The maximum atomic E-state index is 5.34. The first kappa shape index (κ1) is 7.81. The van der Waals surface area contributed by atoms with Gasteiger partial charge in [-0.25, -0.2) is 0 Å². The van der Waals surface area contributed by atoms with Gasteiger partial charge < -0.3 is 4.74 Å². The average molecular weight is 162 g/mol. The molecule has 0 saturated carbocycles. The highest BCUT2D eigenvalue weighted by Gasteiger charge is 2.16. The molecule has 0 amide bonds. The van der Waals surface area contributed by atoms with Crippen LogP contribution in [0.4, 0.5) is 0 Å². The van der Waals surface area contributed by atoms with Crippen LogP contribution in [-0.2, 0) is 4.74 Å². The van der Waals surface area contributed by atoms with Crippen molar-refractivity contribution in [2.75, 3.05) is 13.2 Å². The van der Waals surface area contributed by atoms with E-state index in [-0.39, 0.29) is 0 Å². The predicted molar refractivity (Wildman–Crippen MR) is 49.4 cm³/mol. The Labute approximate surface area is 73.4 Å². The third-order valence-electron chi connectivity index (χ3n) is 2.48. The lowest BCUT2D eigenvalue weighted by Crippen LogP contribution is -1.96. The van der Waals surface area contributed by atoms with Gasteiger partial charge in [0, 0.05) is 12.5 Å². The number of hydrogen-bond donors (Lipinski definition) is 0. The normalized spacial score (nSPS) is 22.9. The smallest absolute Gasteiger partial charge is 0.0535 e. The van der Waals surface area contributed by atoms with E-state index in [1.165, 1.54) is 17.5 Å². The lowest BCUT2D eigenvalue weighted by Gasteiger charge is -2.07. The predicted octanol–water partition coefficient (Wildman–Crippen LogP) is 2.50. The Bertz CT molecular complexity index is 244. The lowest BCUT2D eigenvalue weighted by molar-refractivity contribution is 0.194. The Morgan fingerprint density at radius 3 is 2.58 bits per heavy atom. The van der Waals surface area contributed by atoms with Crippen molar-refractivity contribution >= 4 is 0 Å². The SMILES string of the molecule is Cc1ccc([C@H]2CCOC2)cc1. The van der Waals surface area contributed by atoms with Gasteiger partial charge in [0.05, 0.1) is 6.61 Å². The van der Waals surface area contributed by atoms with Crippen LogP contribution in [0, 0.1) is 6.92 Å². The summed E-state index contributed by atoms with van der Waals surface area (Å²) in [7, 11) is 0. The molecule has 1 aliphatic rings. The Balaban J connectivity index is 2.17. The molecule has 1 aliphatic heterocycles. The van der Waals surface area contributed by atoms with Crippen molar-refractivity contribution in [1.29, 1.82) is 0 Å². The number of ether oxygens (including phenoxy) is 1. The minimum atomic E-state index is 0.644. The van der Waals surface area contributed by atoms with Gasteiger partial charge in [-0.05, 0) is 18.9 Å². The maximum Gasteiger partial charge on any atom is 0.0535 e. The zero-order valence-electron chi connectivity index (χ0n) is 7.42. The van der Waals surface area contributed by atoms with E-state index in [2.05, 4.69) is 31.2 Å². The van der Waals surface area contributed by atoms with E-state index in [1.54, 1.807) is 0 Å². The third-order valence-corrected chi connectivity index (χ3v) is 2.48. The maximum absolute atomic E-state index is 5.34. The fraction of sp³-hybridized carbons (Fsp3) is 0.455. The van der Waals surface area contributed by atoms with Crippen LogP contribution in [0.1, 0.15) is 23.5 Å². The van der Waals surface area contributed by atoms with E-state index >= 15 is 0 Å². The van der Waals surface area contributed by atoms with Crippen molar-refractivity contribution in [3.8, 4) is 0 Å². The Hall–Kier alpha value is -0.820. The monoisotopic (exact) mass is 162 g/mol. The highest BCUT2D eigenvalue weighted by molar-refractivity contribution is 5.24. The molecule has 1 atom stereocenters. The second-order valence-corrected chi connectivity index (χ2v) is 3.47. The van der Waals surface area contributed by atoms with Crippen molar-refractivity contribution in [2.45, 2.75) is 19.3 Å². The molecule has 1 heteroatoms. The van der Waals surface area contributed by atoms with Crippen LogP contribution >= 0.6 is 0 Å². The van der Waals surface area contributed by atoms with Gasteiger partial charge in [0.2, 0.25) is 0 Å². The summed E-state index contributed by atoms with van der Waals surface area (Å²) in [4.78, 5) is 0. The average Bonchev–Trinajstić information content (AvgIpc) is 2.58. The third kappa shape index (κ3) is 1.51. The highest BCUT2D eigenvalue weighted by Crippen LogP contribution is 2.24. The summed E-state index contributed by atoms with van der Waals surface area (Å²) in [6, 6.07) is 8.78. The quantitative estimate of drug-likeness (QED) is 0.616. The number of benzene rings is 1. The van der Waals surface area contributed by atoms with Crippen LogP contribution in [-0.4, -0.2) is 13.2 Å². The fourth-order valence-electron chi connectivity index (χ4n) is 1.64. The molecule has 0 N–H and O–H groups in total. The minimum Gasteiger partial charge on any atom is -0.381 e. The molecule has 0 aliphatic carbocycles. The summed E-state index contributed by atoms with van der Waals surface area (Å²) >= 11 is 0. The fourth-order valence-corrected chi connectivity index (χ4v) is 1.64. The van der Waals surface area contributed by atoms with Gasteiger partial charge >= 0.3 is 0 Å². The molecular formula is C11H14O. The summed E-state index contributed by atoms with van der Waals surface area (Å²) in [6.07, 6.45) is 1.18. The van der Waals surface area contributed by atoms with Crippen LogP contribution in [0.2, 0.25) is 0 Å². The van der Waals surface area contributed by atoms with Crippen molar-refractivity contribution in [3.63, 3.8) is 0 Å². The molecule has 1 aromatic carbocycles. The van der Waals surface area contributed by atoms with E-state index in [0.717, 1.165) is 13.2 Å². The molecule has 2 rings (SSSR count). The largest absolute Gasteiger partial charge is 0.381 e. The molecule has 0 bridgehead atoms. The van der Waals surface area contributed by atoms with Gasteiger partial charge in [-0.3, -0.25) is 0 Å². The van der Waals surface area contributed by atoms with E-state index < -0.39 is 0 Å². The molecule has 0 radical (unpaired) electrons. The molecular weight excluding hydrogens is 148 g/mol. The minimum absolute atomic E-state index is 0.644. The standard InChI is InChI=1S/C11H14O/c1-9-2-4-10(5-3-9)11-6-7-12-8-11/h2-5,11H,6-8H2,1H3/t11-/m0/s1. The summed E-state index contributed by atoms with van der Waals surface area (Å²) in [5, 5.41) is 0. The zero-order valence-corrected chi connectivity index (χ0v) is 7.42. The Morgan fingerprint density at radius 1 is 1.25 bits per heavy atom. The highest BCUT2D eigenvalue weighted by atomic mass is 16.5. The first-order chi connectivity index (χ1) is 5.86. The van der Waals surface area contributed by atoms with Crippen molar-refractivity contribution in [2.24, 2.45) is 0 Å². The van der Waals surface area contributed by atoms with Crippen LogP contribution < -0.4 is 0 Å². The summed E-state index contributed by atoms with van der Waals surface area (Å²) in [5.41, 5.74) is 2.76. The molecule has 1 heterocycles. The van der Waals surface area contributed by atoms with Crippen LogP contribution in [0.5, 0.6) is 0 Å². The van der Waals surface area contributed by atoms with Gasteiger partial charge in [0.1, 0.15) is 0 Å². The van der Waals surface area contributed by atoms with Gasteiger partial charge in [-0.2, -0.15) is 0 Å². The van der Waals surface area contributed by atoms with Crippen LogP contribution in [0.25, 0.3) is 0 Å². The lowest BCUT2D eigenvalue weighted by atomic mass is 9.98. The number of aryl methyl sites for hydroxylation is 1. The second kappa shape index (κ2) is 3.28. The molecule has 1 saturated heterocycles. The van der Waals surface area contributed by atoms with Crippen molar-refractivity contribution < 1.29 is 4.74 Å². The summed E-state index contributed by atoms with van der Waals surface area (Å²) in [6.45, 7) is 3.95. The topological polar surface area (TPSA) is 9.23 Å². The Morgan fingerprint density at radius 2 is 2.00 bits per heavy atom. The van der Waals surface area contributed by atoms with E-state index in [9.17, 15) is 0 Å². The molecule has 1 nitrogen and oxygen atoms in total. The van der Waals surface area contributed by atoms with E-state index in [4.69, 9.17) is 4.74 Å². The Kier molecular flexibility index (Phi) is 2.13. The first-order valence-electron chi connectivity index (χ1n) is 4.50. The van der Waals surface area contributed by atoms with Gasteiger partial charge in [-0.15, -0.1) is 0 Å². The van der Waals surface area contributed by atoms with Crippen LogP contribution in [0.3, 0.4) is 0 Å². The summed E-state index contributed by atoms with van der Waals surface area (Å²) < 4.78 is 5.34. The van der Waals surface area contributed by atoms with E-state index in [0.29, 0.717) is 5.92 Å². The zero-order chi connectivity index (χ0) is 8.39. The first-order valence-corrected chi connectivity index (χ1v) is 4.50. The molecule has 0 aromatic heterocycles. The molecule has 0 unspecified atom stereocenters. The second-order valence-electron chi connectivity index (χ2n) is 3.47. The van der Waals surface area contributed by atoms with Gasteiger partial charge in [-0.1, -0.05) is 29.8 Å².